The summed E-state index contributed by atoms with van der Waals surface area (Å²) in [5.41, 5.74) is 4.39. The summed E-state index contributed by atoms with van der Waals surface area (Å²) in [5.74, 6) is -0.588. The Morgan fingerprint density at radius 1 is 1.15 bits per heavy atom. The van der Waals surface area contributed by atoms with Crippen molar-refractivity contribution in [2.45, 2.75) is 20.3 Å². The van der Waals surface area contributed by atoms with E-state index in [1.165, 1.54) is 39.1 Å². The second kappa shape index (κ2) is 10.9. The van der Waals surface area contributed by atoms with Crippen molar-refractivity contribution in [3.05, 3.63) is 98.9 Å². The van der Waals surface area contributed by atoms with E-state index >= 15 is 0 Å². The van der Waals surface area contributed by atoms with Crippen LogP contribution in [0.4, 0.5) is 5.13 Å². The highest BCUT2D eigenvalue weighted by atomic mass is 32.2. The Kier molecular flexibility index (Phi) is 7.72. The molecule has 2 aromatic carbocycles. The van der Waals surface area contributed by atoms with Gasteiger partial charge in [-0.05, 0) is 36.6 Å². The number of aromatic nitrogens is 1. The molecule has 0 aliphatic carbocycles. The Labute approximate surface area is 212 Å². The number of nitrogens with zero attached hydrogens (tertiary/aromatic N) is 2. The fraction of sp³-hybridized carbons (Fsp3) is 0.154. The molecule has 1 aromatic heterocycles. The molecule has 1 N–H and O–H groups in total. The highest BCUT2D eigenvalue weighted by Gasteiger charge is 2.33. The number of anilines is 1. The number of benzene rings is 2. The van der Waals surface area contributed by atoms with E-state index in [2.05, 4.69) is 41.5 Å². The SMILES string of the molecule is CC(/C=C1\SC(=S)N(CC(=O)Nc2ncc(Cc3ccc(C)cc3)s2)C1=O)=C\c1ccccc1. The molecule has 0 spiro atoms. The van der Waals surface area contributed by atoms with Crippen LogP contribution >= 0.6 is 35.3 Å². The minimum absolute atomic E-state index is 0.143. The molecule has 5 nitrogen and oxygen atoms in total. The molecule has 1 aliphatic rings. The maximum atomic E-state index is 12.9. The van der Waals surface area contributed by atoms with Gasteiger partial charge >= 0.3 is 0 Å². The van der Waals surface area contributed by atoms with E-state index in [-0.39, 0.29) is 18.4 Å². The van der Waals surface area contributed by atoms with E-state index in [9.17, 15) is 9.59 Å². The maximum Gasteiger partial charge on any atom is 0.266 e. The molecule has 1 aliphatic heterocycles. The van der Waals surface area contributed by atoms with E-state index < -0.39 is 0 Å². The van der Waals surface area contributed by atoms with Crippen LogP contribution in [0.5, 0.6) is 0 Å². The van der Waals surface area contributed by atoms with Gasteiger partial charge in [0.25, 0.3) is 5.91 Å². The first kappa shape index (κ1) is 24.1. The number of nitrogens with one attached hydrogen (secondary N) is 1. The van der Waals surface area contributed by atoms with Crippen LogP contribution in [0, 0.1) is 6.92 Å². The van der Waals surface area contributed by atoms with Crippen molar-refractivity contribution in [3.63, 3.8) is 0 Å². The highest BCUT2D eigenvalue weighted by molar-refractivity contribution is 8.26. The lowest BCUT2D eigenvalue weighted by molar-refractivity contribution is -0.126. The number of thiazole rings is 1. The van der Waals surface area contributed by atoms with Crippen LogP contribution in [-0.2, 0) is 16.0 Å². The van der Waals surface area contributed by atoms with Gasteiger partial charge in [0.05, 0.1) is 4.91 Å². The molecule has 34 heavy (non-hydrogen) atoms. The average molecular weight is 506 g/mol. The van der Waals surface area contributed by atoms with E-state index in [1.807, 2.05) is 49.4 Å². The molecule has 0 unspecified atom stereocenters. The van der Waals surface area contributed by atoms with Crippen molar-refractivity contribution in [1.29, 1.82) is 0 Å². The molecule has 8 heteroatoms. The number of hydrogen-bond acceptors (Lipinski definition) is 6. The first-order valence-corrected chi connectivity index (χ1v) is 12.7. The van der Waals surface area contributed by atoms with Crippen LogP contribution in [0.15, 0.2) is 77.3 Å². The number of amides is 2. The topological polar surface area (TPSA) is 62.3 Å². The summed E-state index contributed by atoms with van der Waals surface area (Å²) in [7, 11) is 0. The van der Waals surface area contributed by atoms with Gasteiger partial charge in [-0.1, -0.05) is 90.2 Å². The molecule has 0 saturated carbocycles. The molecule has 3 aromatic rings. The van der Waals surface area contributed by atoms with Crippen molar-refractivity contribution in [1.82, 2.24) is 9.88 Å². The molecule has 2 amide bonds. The lowest BCUT2D eigenvalue weighted by Gasteiger charge is -2.13. The van der Waals surface area contributed by atoms with Crippen molar-refractivity contribution in [2.24, 2.45) is 0 Å². The zero-order chi connectivity index (χ0) is 24.1. The van der Waals surface area contributed by atoms with Gasteiger partial charge in [-0.15, -0.1) is 11.3 Å². The van der Waals surface area contributed by atoms with Gasteiger partial charge in [0.2, 0.25) is 5.91 Å². The molecule has 4 rings (SSSR count). The lowest BCUT2D eigenvalue weighted by atomic mass is 10.1. The van der Waals surface area contributed by atoms with Crippen LogP contribution in [0.1, 0.15) is 28.5 Å². The molecule has 2 heterocycles. The van der Waals surface area contributed by atoms with Crippen molar-refractivity contribution >= 4 is 62.7 Å². The number of thiocarbonyl (C=S) groups is 1. The van der Waals surface area contributed by atoms with Crippen LogP contribution in [0.2, 0.25) is 0 Å². The Morgan fingerprint density at radius 3 is 2.62 bits per heavy atom. The van der Waals surface area contributed by atoms with Crippen LogP contribution < -0.4 is 5.32 Å². The third-order valence-corrected chi connectivity index (χ3v) is 7.32. The molecule has 0 bridgehead atoms. The van der Waals surface area contributed by atoms with Crippen molar-refractivity contribution in [2.75, 3.05) is 11.9 Å². The van der Waals surface area contributed by atoms with Gasteiger partial charge in [0, 0.05) is 17.5 Å². The number of thioether (sulfide) groups is 1. The Hall–Kier alpha value is -3.07. The van der Waals surface area contributed by atoms with Crippen molar-refractivity contribution < 1.29 is 9.59 Å². The van der Waals surface area contributed by atoms with Gasteiger partial charge in [0.15, 0.2) is 5.13 Å². The van der Waals surface area contributed by atoms with Gasteiger partial charge in [-0.2, -0.15) is 0 Å². The Bertz CT molecular complexity index is 1280. The summed E-state index contributed by atoms with van der Waals surface area (Å²) in [4.78, 5) is 32.6. The number of aryl methyl sites for hydroxylation is 1. The third kappa shape index (κ3) is 6.28. The van der Waals surface area contributed by atoms with Crippen LogP contribution in [-0.4, -0.2) is 32.6 Å². The quantitative estimate of drug-likeness (QED) is 0.323. The highest BCUT2D eigenvalue weighted by Crippen LogP contribution is 2.32. The summed E-state index contributed by atoms with van der Waals surface area (Å²) in [6, 6.07) is 18.2. The molecule has 0 atom stereocenters. The maximum absolute atomic E-state index is 12.9. The normalized spacial score (nSPS) is 15.3. The number of allylic oxidation sites excluding steroid dienone is 2. The summed E-state index contributed by atoms with van der Waals surface area (Å²) in [6.07, 6.45) is 6.33. The van der Waals surface area contributed by atoms with Crippen molar-refractivity contribution in [3.8, 4) is 0 Å². The molecule has 0 radical (unpaired) electrons. The Balaban J connectivity index is 1.35. The average Bonchev–Trinajstić information content (AvgIpc) is 3.35. The second-order valence-electron chi connectivity index (χ2n) is 7.91. The van der Waals surface area contributed by atoms with Gasteiger partial charge in [-0.3, -0.25) is 14.5 Å². The summed E-state index contributed by atoms with van der Waals surface area (Å²) < 4.78 is 0.373. The summed E-state index contributed by atoms with van der Waals surface area (Å²) >= 11 is 8.00. The van der Waals surface area contributed by atoms with E-state index in [0.29, 0.717) is 14.4 Å². The van der Waals surface area contributed by atoms with E-state index in [4.69, 9.17) is 12.2 Å². The molecular formula is C26H23N3O2S3. The minimum Gasteiger partial charge on any atom is -0.300 e. The standard InChI is InChI=1S/C26H23N3O2S3/c1-17-8-10-20(11-9-17)14-21-15-27-25(33-21)28-23(30)16-29-24(31)22(34-26(29)32)13-18(2)12-19-6-4-3-5-7-19/h3-13,15H,14,16H2,1-2H3,(H,27,28,30)/b18-12+,22-13-. The zero-order valence-electron chi connectivity index (χ0n) is 18.8. The molecular weight excluding hydrogens is 483 g/mol. The lowest BCUT2D eigenvalue weighted by Crippen LogP contribution is -2.36. The predicted molar refractivity (Wildman–Crippen MR) is 145 cm³/mol. The van der Waals surface area contributed by atoms with Crippen LogP contribution in [0.25, 0.3) is 6.08 Å². The van der Waals surface area contributed by atoms with Gasteiger partial charge in [-0.25, -0.2) is 4.98 Å². The summed E-state index contributed by atoms with van der Waals surface area (Å²) in [6.45, 7) is 3.85. The van der Waals surface area contributed by atoms with Crippen LogP contribution in [0.3, 0.4) is 0 Å². The Morgan fingerprint density at radius 2 is 1.88 bits per heavy atom. The predicted octanol–water partition coefficient (Wildman–Crippen LogP) is 5.83. The first-order chi connectivity index (χ1) is 16.4. The minimum atomic E-state index is -0.328. The monoisotopic (exact) mass is 505 g/mol. The molecule has 172 valence electrons. The van der Waals surface area contributed by atoms with Gasteiger partial charge in [0.1, 0.15) is 10.9 Å². The summed E-state index contributed by atoms with van der Waals surface area (Å²) in [5, 5.41) is 3.30. The second-order valence-corrected chi connectivity index (χ2v) is 10.7. The smallest absolute Gasteiger partial charge is 0.266 e. The fourth-order valence-electron chi connectivity index (χ4n) is 3.35. The van der Waals surface area contributed by atoms with E-state index in [1.54, 1.807) is 6.20 Å². The number of carbonyl (C=O) groups excluding carboxylic acids is 2. The third-order valence-electron chi connectivity index (χ3n) is 5.03. The number of hydrogen-bond donors (Lipinski definition) is 1. The zero-order valence-corrected chi connectivity index (χ0v) is 21.2. The molecule has 1 fully saturated rings. The van der Waals surface area contributed by atoms with Gasteiger partial charge < -0.3 is 5.32 Å². The number of carbonyl (C=O) groups is 2. The molecule has 1 saturated heterocycles. The first-order valence-electron chi connectivity index (χ1n) is 10.7. The van der Waals surface area contributed by atoms with E-state index in [0.717, 1.165) is 22.4 Å². The number of rotatable bonds is 7. The largest absolute Gasteiger partial charge is 0.300 e. The fourth-order valence-corrected chi connectivity index (χ4v) is 5.52.